The second-order valence-electron chi connectivity index (χ2n) is 6.63. The first-order chi connectivity index (χ1) is 12.1. The second-order valence-corrected chi connectivity index (χ2v) is 6.63. The van der Waals surface area contributed by atoms with Crippen LogP contribution in [0.15, 0.2) is 43.0 Å². The fourth-order valence-electron chi connectivity index (χ4n) is 3.64. The van der Waals surface area contributed by atoms with E-state index in [1.165, 1.54) is 26.3 Å². The van der Waals surface area contributed by atoms with Gasteiger partial charge in [-0.1, -0.05) is 36.8 Å². The molecular formula is C21H22N2O2. The molecule has 1 aliphatic rings. The van der Waals surface area contributed by atoms with Gasteiger partial charge >= 0.3 is 5.97 Å². The number of aromatic nitrogens is 2. The van der Waals surface area contributed by atoms with Crippen molar-refractivity contribution in [3.63, 3.8) is 0 Å². The molecule has 1 unspecified atom stereocenters. The molecule has 1 heterocycles. The molecule has 2 aromatic rings. The third-order valence-electron chi connectivity index (χ3n) is 5.18. The van der Waals surface area contributed by atoms with E-state index in [4.69, 9.17) is 4.74 Å². The van der Waals surface area contributed by atoms with E-state index in [0.717, 1.165) is 29.5 Å². The molecule has 1 aliphatic carbocycles. The van der Waals surface area contributed by atoms with Crippen LogP contribution in [0.1, 0.15) is 49.3 Å². The Morgan fingerprint density at radius 3 is 2.28 bits per heavy atom. The highest BCUT2D eigenvalue weighted by molar-refractivity contribution is 5.83. The Kier molecular flexibility index (Phi) is 5.14. The zero-order valence-corrected chi connectivity index (χ0v) is 14.7. The summed E-state index contributed by atoms with van der Waals surface area (Å²) in [4.78, 5) is 20.5. The molecule has 4 heteroatoms. The molecule has 0 radical (unpaired) electrons. The van der Waals surface area contributed by atoms with Crippen LogP contribution in [0.3, 0.4) is 0 Å². The lowest BCUT2D eigenvalue weighted by Crippen LogP contribution is -2.40. The van der Waals surface area contributed by atoms with Crippen molar-refractivity contribution in [1.82, 2.24) is 9.97 Å². The van der Waals surface area contributed by atoms with E-state index in [0.29, 0.717) is 5.92 Å². The SMILES string of the molecule is COC(=O)C(C)(c1ccc(C#Cc2cncnc2)cc1)C1CCCC1. The molecule has 0 aliphatic heterocycles. The quantitative estimate of drug-likeness (QED) is 0.637. The van der Waals surface area contributed by atoms with E-state index in [1.807, 2.05) is 31.2 Å². The van der Waals surface area contributed by atoms with Crippen molar-refractivity contribution < 1.29 is 9.53 Å². The Balaban J connectivity index is 1.87. The summed E-state index contributed by atoms with van der Waals surface area (Å²) >= 11 is 0. The minimum atomic E-state index is -0.593. The van der Waals surface area contributed by atoms with Crippen molar-refractivity contribution in [3.8, 4) is 11.8 Å². The molecule has 3 rings (SSSR count). The zero-order valence-electron chi connectivity index (χ0n) is 14.7. The van der Waals surface area contributed by atoms with E-state index in [2.05, 4.69) is 21.8 Å². The second kappa shape index (κ2) is 7.48. The first-order valence-electron chi connectivity index (χ1n) is 8.60. The molecular weight excluding hydrogens is 312 g/mol. The molecule has 128 valence electrons. The van der Waals surface area contributed by atoms with E-state index in [-0.39, 0.29) is 5.97 Å². The first kappa shape index (κ1) is 17.2. The Morgan fingerprint density at radius 1 is 1.08 bits per heavy atom. The van der Waals surface area contributed by atoms with Gasteiger partial charge in [-0.3, -0.25) is 4.79 Å². The van der Waals surface area contributed by atoms with Gasteiger partial charge in [0.25, 0.3) is 0 Å². The average molecular weight is 334 g/mol. The topological polar surface area (TPSA) is 52.1 Å². The van der Waals surface area contributed by atoms with Crippen LogP contribution >= 0.6 is 0 Å². The molecule has 0 saturated heterocycles. The molecule has 4 nitrogen and oxygen atoms in total. The lowest BCUT2D eigenvalue weighted by Gasteiger charge is -2.33. The molecule has 0 bridgehead atoms. The predicted molar refractivity (Wildman–Crippen MR) is 95.8 cm³/mol. The highest BCUT2D eigenvalue weighted by atomic mass is 16.5. The molecule has 1 aromatic carbocycles. The summed E-state index contributed by atoms with van der Waals surface area (Å²) in [5, 5.41) is 0. The molecule has 1 aromatic heterocycles. The van der Waals surface area contributed by atoms with Crippen molar-refractivity contribution in [2.75, 3.05) is 7.11 Å². The minimum Gasteiger partial charge on any atom is -0.468 e. The van der Waals surface area contributed by atoms with Crippen LogP contribution in [0.4, 0.5) is 0 Å². The van der Waals surface area contributed by atoms with Crippen LogP contribution in [0.25, 0.3) is 0 Å². The first-order valence-corrected chi connectivity index (χ1v) is 8.60. The van der Waals surface area contributed by atoms with Crippen molar-refractivity contribution in [1.29, 1.82) is 0 Å². The van der Waals surface area contributed by atoms with Crippen LogP contribution < -0.4 is 0 Å². The van der Waals surface area contributed by atoms with Crippen LogP contribution in [0.2, 0.25) is 0 Å². The van der Waals surface area contributed by atoms with Crippen molar-refractivity contribution >= 4 is 5.97 Å². The number of nitrogens with zero attached hydrogens (tertiary/aromatic N) is 2. The summed E-state index contributed by atoms with van der Waals surface area (Å²) in [5.74, 6) is 6.33. The van der Waals surface area contributed by atoms with Gasteiger partial charge in [-0.25, -0.2) is 9.97 Å². The number of hydrogen-bond donors (Lipinski definition) is 0. The number of benzene rings is 1. The van der Waals surface area contributed by atoms with Gasteiger partial charge in [-0.2, -0.15) is 0 Å². The number of hydrogen-bond acceptors (Lipinski definition) is 4. The van der Waals surface area contributed by atoms with E-state index >= 15 is 0 Å². The maximum Gasteiger partial charge on any atom is 0.316 e. The van der Waals surface area contributed by atoms with Gasteiger partial charge < -0.3 is 4.74 Å². The maximum atomic E-state index is 12.6. The lowest BCUT2D eigenvalue weighted by atomic mass is 9.70. The number of ether oxygens (including phenoxy) is 1. The average Bonchev–Trinajstić information content (AvgIpc) is 3.21. The normalized spacial score (nSPS) is 16.6. The number of carbonyl (C=O) groups is 1. The van der Waals surface area contributed by atoms with Gasteiger partial charge in [-0.05, 0) is 43.4 Å². The molecule has 1 fully saturated rings. The fourth-order valence-corrected chi connectivity index (χ4v) is 3.64. The number of esters is 1. The van der Waals surface area contributed by atoms with Gasteiger partial charge in [0, 0.05) is 18.0 Å². The lowest BCUT2D eigenvalue weighted by molar-refractivity contribution is -0.149. The van der Waals surface area contributed by atoms with Crippen LogP contribution in [0, 0.1) is 17.8 Å². The maximum absolute atomic E-state index is 12.6. The Labute approximate surface area is 148 Å². The molecule has 0 amide bonds. The van der Waals surface area contributed by atoms with Crippen LogP contribution in [-0.4, -0.2) is 23.0 Å². The summed E-state index contributed by atoms with van der Waals surface area (Å²) in [6.07, 6.45) is 9.35. The minimum absolute atomic E-state index is 0.153. The molecule has 0 N–H and O–H groups in total. The number of carbonyl (C=O) groups excluding carboxylic acids is 1. The molecule has 1 saturated carbocycles. The van der Waals surface area contributed by atoms with Crippen molar-refractivity contribution in [3.05, 3.63) is 59.7 Å². The number of methoxy groups -OCH3 is 1. The van der Waals surface area contributed by atoms with Gasteiger partial charge in [0.2, 0.25) is 0 Å². The van der Waals surface area contributed by atoms with Crippen molar-refractivity contribution in [2.45, 2.75) is 38.0 Å². The zero-order chi connectivity index (χ0) is 17.7. The molecule has 0 spiro atoms. The highest BCUT2D eigenvalue weighted by Crippen LogP contribution is 2.43. The summed E-state index contributed by atoms with van der Waals surface area (Å²) in [5.41, 5.74) is 2.08. The van der Waals surface area contributed by atoms with Gasteiger partial charge in [0.1, 0.15) is 6.33 Å². The van der Waals surface area contributed by atoms with Gasteiger partial charge in [-0.15, -0.1) is 0 Å². The fraction of sp³-hybridized carbons (Fsp3) is 0.381. The standard InChI is InChI=1S/C21H22N2O2/c1-21(20(24)25-2,18-5-3-4-6-18)19-11-9-16(10-12-19)7-8-17-13-22-15-23-14-17/h9-15,18H,3-6H2,1-2H3. The summed E-state index contributed by atoms with van der Waals surface area (Å²) < 4.78 is 5.14. The van der Waals surface area contributed by atoms with Gasteiger partial charge in [0.05, 0.1) is 18.1 Å². The van der Waals surface area contributed by atoms with Crippen molar-refractivity contribution in [2.24, 2.45) is 5.92 Å². The van der Waals surface area contributed by atoms with E-state index in [1.54, 1.807) is 12.4 Å². The summed E-state index contributed by atoms with van der Waals surface area (Å²) in [6.45, 7) is 2.01. The van der Waals surface area contributed by atoms with Gasteiger partial charge in [0.15, 0.2) is 0 Å². The number of rotatable bonds is 3. The monoisotopic (exact) mass is 334 g/mol. The largest absolute Gasteiger partial charge is 0.468 e. The Bertz CT molecular complexity index is 784. The van der Waals surface area contributed by atoms with Crippen LogP contribution in [0.5, 0.6) is 0 Å². The van der Waals surface area contributed by atoms with Crippen LogP contribution in [-0.2, 0) is 14.9 Å². The third kappa shape index (κ3) is 3.56. The highest BCUT2D eigenvalue weighted by Gasteiger charge is 2.44. The Morgan fingerprint density at radius 2 is 1.68 bits per heavy atom. The summed E-state index contributed by atoms with van der Waals surface area (Å²) in [6, 6.07) is 7.92. The summed E-state index contributed by atoms with van der Waals surface area (Å²) in [7, 11) is 1.47. The van der Waals surface area contributed by atoms with E-state index < -0.39 is 5.41 Å². The Hall–Kier alpha value is -2.67. The molecule has 25 heavy (non-hydrogen) atoms. The predicted octanol–water partition coefficient (Wildman–Crippen LogP) is 3.50. The third-order valence-corrected chi connectivity index (χ3v) is 5.18. The van der Waals surface area contributed by atoms with E-state index in [9.17, 15) is 4.79 Å². The smallest absolute Gasteiger partial charge is 0.316 e. The molecule has 1 atom stereocenters.